The molecular formula is C30H22O2. The molecule has 0 heterocycles. The molecule has 0 aliphatic carbocycles. The van der Waals surface area contributed by atoms with Gasteiger partial charge in [-0.1, -0.05) is 103 Å². The van der Waals surface area contributed by atoms with Crippen molar-refractivity contribution in [2.24, 2.45) is 0 Å². The molecule has 0 saturated carbocycles. The van der Waals surface area contributed by atoms with Crippen LogP contribution in [0.5, 0.6) is 0 Å². The molecule has 0 aliphatic heterocycles. The first-order valence-corrected chi connectivity index (χ1v) is 10.7. The molecule has 0 unspecified atom stereocenters. The summed E-state index contributed by atoms with van der Waals surface area (Å²) in [7, 11) is 0. The average Bonchev–Trinajstić information content (AvgIpc) is 2.87. The lowest BCUT2D eigenvalue weighted by molar-refractivity contribution is -0.138. The lowest BCUT2D eigenvalue weighted by atomic mass is 9.98. The Labute approximate surface area is 187 Å². The summed E-state index contributed by atoms with van der Waals surface area (Å²) in [5, 5.41) is 4.63. The summed E-state index contributed by atoms with van der Waals surface area (Å²) >= 11 is 0. The second kappa shape index (κ2) is 8.91. The Balaban J connectivity index is 1.37. The zero-order valence-corrected chi connectivity index (χ0v) is 17.6. The largest absolute Gasteiger partial charge is 0.458 e. The van der Waals surface area contributed by atoms with Gasteiger partial charge in [-0.3, -0.25) is 0 Å². The predicted molar refractivity (Wildman–Crippen MR) is 132 cm³/mol. The maximum Gasteiger partial charge on any atom is 0.331 e. The first-order valence-electron chi connectivity index (χ1n) is 10.7. The fraction of sp³-hybridized carbons (Fsp3) is 0.0333. The number of hydrogen-bond donors (Lipinski definition) is 0. The Kier molecular flexibility index (Phi) is 5.50. The number of rotatable bonds is 5. The summed E-state index contributed by atoms with van der Waals surface area (Å²) in [5.74, 6) is -0.356. The van der Waals surface area contributed by atoms with E-state index in [0.29, 0.717) is 0 Å². The van der Waals surface area contributed by atoms with Gasteiger partial charge in [0.05, 0.1) is 0 Å². The first kappa shape index (κ1) is 19.8. The van der Waals surface area contributed by atoms with Crippen molar-refractivity contribution in [1.82, 2.24) is 0 Å². The summed E-state index contributed by atoms with van der Waals surface area (Å²) in [6, 6.07) is 36.8. The van der Waals surface area contributed by atoms with Crippen LogP contribution in [-0.2, 0) is 16.1 Å². The molecule has 0 amide bonds. The number of fused-ring (bicyclic) bond motifs is 3. The van der Waals surface area contributed by atoms with Crippen LogP contribution >= 0.6 is 0 Å². The van der Waals surface area contributed by atoms with E-state index in [1.165, 1.54) is 16.8 Å². The Morgan fingerprint density at radius 3 is 2.19 bits per heavy atom. The molecule has 32 heavy (non-hydrogen) atoms. The van der Waals surface area contributed by atoms with Crippen LogP contribution < -0.4 is 0 Å². The SMILES string of the molecule is O=C(C=Cc1ccccc1-c1ccccc1)OCc1cc2ccccc2c2ccccc12. The van der Waals surface area contributed by atoms with E-state index in [4.69, 9.17) is 4.74 Å². The first-order chi connectivity index (χ1) is 15.8. The smallest absolute Gasteiger partial charge is 0.331 e. The molecule has 5 aromatic carbocycles. The Morgan fingerprint density at radius 2 is 1.34 bits per heavy atom. The van der Waals surface area contributed by atoms with Crippen LogP contribution in [0.4, 0.5) is 0 Å². The standard InChI is InChI=1S/C30H22O2/c31-30(19-18-23-12-4-6-14-26(23)22-10-2-1-3-11-22)32-21-25-20-24-13-5-7-15-27(24)29-17-9-8-16-28(25)29/h1-20H,21H2. The van der Waals surface area contributed by atoms with Gasteiger partial charge < -0.3 is 4.74 Å². The molecule has 5 rings (SSSR count). The third-order valence-electron chi connectivity index (χ3n) is 5.67. The minimum atomic E-state index is -0.356. The number of benzene rings is 5. The van der Waals surface area contributed by atoms with Crippen LogP contribution in [0.15, 0.2) is 115 Å². The van der Waals surface area contributed by atoms with Gasteiger partial charge in [0, 0.05) is 6.08 Å². The number of hydrogen-bond acceptors (Lipinski definition) is 2. The van der Waals surface area contributed by atoms with Gasteiger partial charge >= 0.3 is 5.97 Å². The highest BCUT2D eigenvalue weighted by Crippen LogP contribution is 2.29. The summed E-state index contributed by atoms with van der Waals surface area (Å²) in [4.78, 5) is 12.5. The van der Waals surface area contributed by atoms with Crippen molar-refractivity contribution in [3.8, 4) is 11.1 Å². The Morgan fingerprint density at radius 1 is 0.688 bits per heavy atom. The highest BCUT2D eigenvalue weighted by atomic mass is 16.5. The van der Waals surface area contributed by atoms with E-state index in [1.54, 1.807) is 0 Å². The van der Waals surface area contributed by atoms with Crippen LogP contribution in [0.25, 0.3) is 38.7 Å². The zero-order valence-electron chi connectivity index (χ0n) is 17.6. The fourth-order valence-electron chi connectivity index (χ4n) is 4.13. The molecule has 5 aromatic rings. The number of esters is 1. The highest BCUT2D eigenvalue weighted by Gasteiger charge is 2.08. The van der Waals surface area contributed by atoms with Gasteiger partial charge in [0.2, 0.25) is 0 Å². The van der Waals surface area contributed by atoms with E-state index >= 15 is 0 Å². The zero-order chi connectivity index (χ0) is 21.8. The minimum absolute atomic E-state index is 0.231. The summed E-state index contributed by atoms with van der Waals surface area (Å²) in [6.07, 6.45) is 3.33. The molecule has 0 aromatic heterocycles. The van der Waals surface area contributed by atoms with Crippen molar-refractivity contribution in [3.05, 3.63) is 126 Å². The lowest BCUT2D eigenvalue weighted by Crippen LogP contribution is -2.01. The maximum atomic E-state index is 12.5. The predicted octanol–water partition coefficient (Wildman–Crippen LogP) is 7.42. The molecule has 0 spiro atoms. The van der Waals surface area contributed by atoms with Gasteiger partial charge in [-0.15, -0.1) is 0 Å². The van der Waals surface area contributed by atoms with E-state index in [0.717, 1.165) is 33.0 Å². The lowest BCUT2D eigenvalue weighted by Gasteiger charge is -2.10. The van der Waals surface area contributed by atoms with E-state index in [9.17, 15) is 4.79 Å². The van der Waals surface area contributed by atoms with Crippen LogP contribution in [0.2, 0.25) is 0 Å². The van der Waals surface area contributed by atoms with Gasteiger partial charge in [-0.25, -0.2) is 4.79 Å². The molecule has 0 N–H and O–H groups in total. The molecule has 0 atom stereocenters. The second-order valence-corrected chi connectivity index (χ2v) is 7.70. The van der Waals surface area contributed by atoms with E-state index < -0.39 is 0 Å². The Bertz CT molecular complexity index is 1430. The molecule has 154 valence electrons. The second-order valence-electron chi connectivity index (χ2n) is 7.70. The highest BCUT2D eigenvalue weighted by molar-refractivity contribution is 6.09. The van der Waals surface area contributed by atoms with Gasteiger partial charge in [-0.2, -0.15) is 0 Å². The van der Waals surface area contributed by atoms with Crippen molar-refractivity contribution in [3.63, 3.8) is 0 Å². The number of carbonyl (C=O) groups is 1. The third-order valence-corrected chi connectivity index (χ3v) is 5.67. The van der Waals surface area contributed by atoms with Gasteiger partial charge in [-0.05, 0) is 55.9 Å². The quantitative estimate of drug-likeness (QED) is 0.170. The van der Waals surface area contributed by atoms with Crippen LogP contribution in [-0.4, -0.2) is 5.97 Å². The van der Waals surface area contributed by atoms with Crippen LogP contribution in [0, 0.1) is 0 Å². The molecule has 2 nitrogen and oxygen atoms in total. The Hall–Kier alpha value is -4.17. The molecule has 0 radical (unpaired) electrons. The normalized spacial score (nSPS) is 11.2. The minimum Gasteiger partial charge on any atom is -0.458 e. The van der Waals surface area contributed by atoms with Gasteiger partial charge in [0.25, 0.3) is 0 Å². The van der Waals surface area contributed by atoms with Crippen molar-refractivity contribution in [2.75, 3.05) is 0 Å². The fourth-order valence-corrected chi connectivity index (χ4v) is 4.13. The summed E-state index contributed by atoms with van der Waals surface area (Å²) in [6.45, 7) is 0.231. The summed E-state index contributed by atoms with van der Waals surface area (Å²) < 4.78 is 5.63. The average molecular weight is 415 g/mol. The monoisotopic (exact) mass is 414 g/mol. The number of ether oxygens (including phenoxy) is 1. The molecule has 0 bridgehead atoms. The topological polar surface area (TPSA) is 26.3 Å². The van der Waals surface area contributed by atoms with Crippen molar-refractivity contribution in [1.29, 1.82) is 0 Å². The van der Waals surface area contributed by atoms with Crippen LogP contribution in [0.1, 0.15) is 11.1 Å². The van der Waals surface area contributed by atoms with E-state index in [1.807, 2.05) is 66.7 Å². The van der Waals surface area contributed by atoms with Gasteiger partial charge in [0.15, 0.2) is 0 Å². The van der Waals surface area contributed by atoms with Crippen molar-refractivity contribution in [2.45, 2.75) is 6.61 Å². The summed E-state index contributed by atoms with van der Waals surface area (Å²) in [5.41, 5.74) is 4.18. The van der Waals surface area contributed by atoms with Crippen molar-refractivity contribution < 1.29 is 9.53 Å². The molecule has 0 fully saturated rings. The maximum absolute atomic E-state index is 12.5. The van der Waals surface area contributed by atoms with Crippen molar-refractivity contribution >= 4 is 33.6 Å². The van der Waals surface area contributed by atoms with Gasteiger partial charge in [0.1, 0.15) is 6.61 Å². The number of carbonyl (C=O) groups excluding carboxylic acids is 1. The molecule has 0 aliphatic rings. The molecular weight excluding hydrogens is 392 g/mol. The molecule has 0 saturated heterocycles. The van der Waals surface area contributed by atoms with E-state index in [2.05, 4.69) is 48.5 Å². The molecule has 2 heteroatoms. The van der Waals surface area contributed by atoms with E-state index in [-0.39, 0.29) is 12.6 Å². The third kappa shape index (κ3) is 4.03. The van der Waals surface area contributed by atoms with Crippen LogP contribution in [0.3, 0.4) is 0 Å².